The van der Waals surface area contributed by atoms with Crippen LogP contribution in [0.4, 0.5) is 0 Å². The zero-order valence-electron chi connectivity index (χ0n) is 12.8. The van der Waals surface area contributed by atoms with Crippen molar-refractivity contribution in [2.24, 2.45) is 0 Å². The van der Waals surface area contributed by atoms with Crippen LogP contribution in [0.25, 0.3) is 5.69 Å². The Morgan fingerprint density at radius 2 is 1.70 bits per heavy atom. The molecule has 0 saturated heterocycles. The number of rotatable bonds is 3. The van der Waals surface area contributed by atoms with Crippen molar-refractivity contribution in [3.05, 3.63) is 81.2 Å². The van der Waals surface area contributed by atoms with Gasteiger partial charge in [0.2, 0.25) is 0 Å². The molecule has 23 heavy (non-hydrogen) atoms. The van der Waals surface area contributed by atoms with Gasteiger partial charge in [-0.1, -0.05) is 35.9 Å². The minimum atomic E-state index is -0.417. The molecule has 0 amide bonds. The molecule has 2 aromatic carbocycles. The third-order valence-corrected chi connectivity index (χ3v) is 3.66. The maximum Gasteiger partial charge on any atom is 0.294 e. The molecule has 0 N–H and O–H groups in total. The number of nitrogens with zero attached hydrogens (tertiary/aromatic N) is 2. The van der Waals surface area contributed by atoms with Gasteiger partial charge in [0, 0.05) is 0 Å². The quantitative estimate of drug-likeness (QED) is 0.721. The monoisotopic (exact) mass is 326 g/mol. The van der Waals surface area contributed by atoms with Gasteiger partial charge < -0.3 is 4.74 Å². The fraction of sp³-hybridized carbons (Fsp3) is 0.111. The Hall–Kier alpha value is -2.59. The lowest BCUT2D eigenvalue weighted by atomic mass is 10.1. The van der Waals surface area contributed by atoms with E-state index in [2.05, 4.69) is 5.10 Å². The Kier molecular flexibility index (Phi) is 4.17. The molecule has 0 atom stereocenters. The zero-order chi connectivity index (χ0) is 16.4. The van der Waals surface area contributed by atoms with Crippen molar-refractivity contribution in [2.75, 3.05) is 0 Å². The first-order chi connectivity index (χ1) is 11.0. The van der Waals surface area contributed by atoms with E-state index in [1.54, 1.807) is 12.1 Å². The van der Waals surface area contributed by atoms with Crippen LogP contribution >= 0.6 is 11.6 Å². The Bertz CT molecular complexity index is 884. The number of aryl methyl sites for hydroxylation is 2. The maximum absolute atomic E-state index is 12.4. The van der Waals surface area contributed by atoms with E-state index in [0.717, 1.165) is 11.1 Å². The van der Waals surface area contributed by atoms with Crippen LogP contribution < -0.4 is 10.3 Å². The summed E-state index contributed by atoms with van der Waals surface area (Å²) in [6, 6.07) is 14.9. The number of hydrogen-bond donors (Lipinski definition) is 0. The Morgan fingerprint density at radius 3 is 2.35 bits per heavy atom. The van der Waals surface area contributed by atoms with Gasteiger partial charge >= 0.3 is 0 Å². The first-order valence-corrected chi connectivity index (χ1v) is 7.52. The van der Waals surface area contributed by atoms with Gasteiger partial charge in [-0.15, -0.1) is 0 Å². The van der Waals surface area contributed by atoms with E-state index >= 15 is 0 Å². The van der Waals surface area contributed by atoms with E-state index < -0.39 is 5.56 Å². The molecule has 1 heterocycles. The average Bonchev–Trinajstić information content (AvgIpc) is 2.52. The second-order valence-corrected chi connectivity index (χ2v) is 5.68. The van der Waals surface area contributed by atoms with E-state index in [4.69, 9.17) is 16.3 Å². The molecule has 0 aliphatic carbocycles. The number of benzene rings is 2. The second kappa shape index (κ2) is 6.26. The summed E-state index contributed by atoms with van der Waals surface area (Å²) < 4.78 is 6.98. The summed E-state index contributed by atoms with van der Waals surface area (Å²) in [4.78, 5) is 12.4. The Balaban J connectivity index is 1.99. The summed E-state index contributed by atoms with van der Waals surface area (Å²) in [6.45, 7) is 3.96. The molecule has 0 bridgehead atoms. The summed E-state index contributed by atoms with van der Waals surface area (Å²) in [5.41, 5.74) is 2.38. The molecule has 5 heteroatoms. The molecule has 3 rings (SSSR count). The number of ether oxygens (including phenoxy) is 1. The third-order valence-electron chi connectivity index (χ3n) is 3.31. The maximum atomic E-state index is 12.4. The van der Waals surface area contributed by atoms with Crippen molar-refractivity contribution in [1.29, 1.82) is 0 Å². The highest BCUT2D eigenvalue weighted by atomic mass is 35.5. The third kappa shape index (κ3) is 3.27. The van der Waals surface area contributed by atoms with Crippen LogP contribution in [-0.4, -0.2) is 9.78 Å². The smallest absolute Gasteiger partial charge is 0.294 e. The predicted molar refractivity (Wildman–Crippen MR) is 90.8 cm³/mol. The van der Waals surface area contributed by atoms with Gasteiger partial charge in [-0.05, 0) is 49.2 Å². The fourth-order valence-corrected chi connectivity index (χ4v) is 2.53. The van der Waals surface area contributed by atoms with Crippen molar-refractivity contribution >= 4 is 11.6 Å². The van der Waals surface area contributed by atoms with Crippen LogP contribution in [0.1, 0.15) is 11.1 Å². The molecule has 0 spiro atoms. The van der Waals surface area contributed by atoms with Crippen LogP contribution in [0.3, 0.4) is 0 Å². The zero-order valence-corrected chi connectivity index (χ0v) is 13.5. The number of aromatic nitrogens is 2. The Labute approximate surface area is 138 Å². The molecule has 4 nitrogen and oxygen atoms in total. The molecule has 3 aromatic rings. The summed E-state index contributed by atoms with van der Waals surface area (Å²) in [5.74, 6) is 0.872. The number of halogens is 1. The molecular formula is C18H15ClN2O2. The predicted octanol–water partition coefficient (Wildman–Crippen LogP) is 4.30. The van der Waals surface area contributed by atoms with Crippen LogP contribution in [0, 0.1) is 13.8 Å². The minimum absolute atomic E-state index is 0.00279. The highest BCUT2D eigenvalue weighted by molar-refractivity contribution is 6.31. The highest BCUT2D eigenvalue weighted by Gasteiger charge is 2.12. The lowest BCUT2D eigenvalue weighted by molar-refractivity contribution is 0.474. The normalized spacial score (nSPS) is 10.6. The van der Waals surface area contributed by atoms with Crippen molar-refractivity contribution in [3.63, 3.8) is 0 Å². The molecule has 0 aliphatic rings. The van der Waals surface area contributed by atoms with Crippen LogP contribution in [0.2, 0.25) is 5.02 Å². The second-order valence-electron chi connectivity index (χ2n) is 5.30. The van der Waals surface area contributed by atoms with Gasteiger partial charge in [0.15, 0.2) is 10.8 Å². The van der Waals surface area contributed by atoms with E-state index in [1.807, 2.05) is 50.2 Å². The lowest BCUT2D eigenvalue weighted by Gasteiger charge is -2.10. The number of para-hydroxylation sites is 1. The number of hydrogen-bond acceptors (Lipinski definition) is 3. The topological polar surface area (TPSA) is 44.1 Å². The summed E-state index contributed by atoms with van der Waals surface area (Å²) in [5, 5.41) is 4.15. The van der Waals surface area contributed by atoms with Crippen molar-refractivity contribution < 1.29 is 4.74 Å². The highest BCUT2D eigenvalue weighted by Crippen LogP contribution is 2.27. The van der Waals surface area contributed by atoms with Gasteiger partial charge in [-0.3, -0.25) is 4.79 Å². The summed E-state index contributed by atoms with van der Waals surface area (Å²) in [6.07, 6.45) is 1.45. The molecule has 0 radical (unpaired) electrons. The average molecular weight is 327 g/mol. The van der Waals surface area contributed by atoms with Gasteiger partial charge in [-0.2, -0.15) is 9.78 Å². The molecule has 1 aromatic heterocycles. The van der Waals surface area contributed by atoms with Crippen LogP contribution in [0.5, 0.6) is 11.5 Å². The summed E-state index contributed by atoms with van der Waals surface area (Å²) in [7, 11) is 0. The molecule has 0 unspecified atom stereocenters. The van der Waals surface area contributed by atoms with Gasteiger partial charge in [0.1, 0.15) is 5.75 Å². The SMILES string of the molecule is Cc1cc(C)cc(Oc2cnn(-c3ccccc3)c(=O)c2Cl)c1. The standard InChI is InChI=1S/C18H15ClN2O2/c1-12-8-13(2)10-15(9-12)23-16-11-20-21(18(22)17(16)19)14-6-4-3-5-7-14/h3-11H,1-2H3. The van der Waals surface area contributed by atoms with Gasteiger partial charge in [0.05, 0.1) is 11.9 Å². The molecule has 116 valence electrons. The lowest BCUT2D eigenvalue weighted by Crippen LogP contribution is -2.21. The van der Waals surface area contributed by atoms with Crippen molar-refractivity contribution in [1.82, 2.24) is 9.78 Å². The molecule has 0 aliphatic heterocycles. The van der Waals surface area contributed by atoms with E-state index in [0.29, 0.717) is 11.4 Å². The largest absolute Gasteiger partial charge is 0.454 e. The molecule has 0 saturated carbocycles. The van der Waals surface area contributed by atoms with Crippen LogP contribution in [-0.2, 0) is 0 Å². The first-order valence-electron chi connectivity index (χ1n) is 7.14. The van der Waals surface area contributed by atoms with E-state index in [1.165, 1.54) is 10.9 Å². The van der Waals surface area contributed by atoms with Gasteiger partial charge in [0.25, 0.3) is 5.56 Å². The van der Waals surface area contributed by atoms with Crippen LogP contribution in [0.15, 0.2) is 59.5 Å². The van der Waals surface area contributed by atoms with E-state index in [-0.39, 0.29) is 10.8 Å². The van der Waals surface area contributed by atoms with Gasteiger partial charge in [-0.25, -0.2) is 0 Å². The Morgan fingerprint density at radius 1 is 1.04 bits per heavy atom. The minimum Gasteiger partial charge on any atom is -0.454 e. The van der Waals surface area contributed by atoms with Crippen molar-refractivity contribution in [2.45, 2.75) is 13.8 Å². The molecule has 0 fully saturated rings. The molecular weight excluding hydrogens is 312 g/mol. The first kappa shape index (κ1) is 15.3. The van der Waals surface area contributed by atoms with Crippen molar-refractivity contribution in [3.8, 4) is 17.2 Å². The van der Waals surface area contributed by atoms with E-state index in [9.17, 15) is 4.79 Å². The fourth-order valence-electron chi connectivity index (χ4n) is 2.36. The summed E-state index contributed by atoms with van der Waals surface area (Å²) >= 11 is 6.18.